The van der Waals surface area contributed by atoms with E-state index in [4.69, 9.17) is 0 Å². The molecule has 0 radical (unpaired) electrons. The number of aliphatic hydroxyl groups excluding tert-OH is 1. The third-order valence-corrected chi connectivity index (χ3v) is 6.05. The molecule has 3 rings (SSSR count). The first kappa shape index (κ1) is 20.1. The lowest BCUT2D eigenvalue weighted by molar-refractivity contribution is -0.131. The van der Waals surface area contributed by atoms with Gasteiger partial charge in [0.25, 0.3) is 0 Å². The Bertz CT molecular complexity index is 822. The van der Waals surface area contributed by atoms with Gasteiger partial charge in [-0.15, -0.1) is 0 Å². The first-order valence-corrected chi connectivity index (χ1v) is 10.2. The Morgan fingerprint density at radius 2 is 1.85 bits per heavy atom. The van der Waals surface area contributed by atoms with Crippen LogP contribution >= 0.6 is 15.9 Å². The molecule has 2 aromatic carbocycles. The van der Waals surface area contributed by atoms with Crippen LogP contribution in [0.15, 0.2) is 53.0 Å². The number of fused-ring (bicyclic) bond motifs is 1. The molecular weight excluding hydrogens is 404 g/mol. The number of carbonyl (C=O) groups is 1. The zero-order valence-corrected chi connectivity index (χ0v) is 17.6. The third-order valence-electron chi connectivity index (χ3n) is 5.56. The number of halogens is 1. The van der Waals surface area contributed by atoms with Crippen LogP contribution in [0.2, 0.25) is 0 Å². The zero-order chi connectivity index (χ0) is 19.7. The lowest BCUT2D eigenvalue weighted by Gasteiger charge is -2.45. The monoisotopic (exact) mass is 430 g/mol. The maximum absolute atomic E-state index is 13.2. The van der Waals surface area contributed by atoms with E-state index in [0.29, 0.717) is 19.4 Å². The molecule has 0 saturated heterocycles. The predicted molar refractivity (Wildman–Crippen MR) is 111 cm³/mol. The van der Waals surface area contributed by atoms with E-state index in [1.54, 1.807) is 0 Å². The van der Waals surface area contributed by atoms with Gasteiger partial charge in [-0.2, -0.15) is 0 Å². The van der Waals surface area contributed by atoms with Crippen LogP contribution in [0, 0.1) is 0 Å². The fourth-order valence-corrected chi connectivity index (χ4v) is 4.34. The van der Waals surface area contributed by atoms with Crippen molar-refractivity contribution in [2.24, 2.45) is 0 Å². The van der Waals surface area contributed by atoms with E-state index < -0.39 is 17.2 Å². The summed E-state index contributed by atoms with van der Waals surface area (Å²) in [6, 6.07) is 16.0. The number of amides is 1. The summed E-state index contributed by atoms with van der Waals surface area (Å²) < 4.78 is 0.941. The van der Waals surface area contributed by atoms with Crippen molar-refractivity contribution in [3.05, 3.63) is 69.7 Å². The number of rotatable bonds is 6. The van der Waals surface area contributed by atoms with E-state index in [9.17, 15) is 9.90 Å². The Labute approximate surface area is 169 Å². The Balaban J connectivity index is 1.89. The first-order valence-electron chi connectivity index (χ1n) is 9.37. The van der Waals surface area contributed by atoms with Crippen molar-refractivity contribution in [1.29, 1.82) is 0 Å². The SMILES string of the molecule is CCC1(CC(O)NCc2ccccc2)C(=O)NC(C)(C)c2ccc(Br)cc21. The van der Waals surface area contributed by atoms with Crippen LogP contribution in [0.4, 0.5) is 0 Å². The molecule has 0 bridgehead atoms. The van der Waals surface area contributed by atoms with Crippen LogP contribution in [-0.4, -0.2) is 17.2 Å². The molecule has 27 heavy (non-hydrogen) atoms. The van der Waals surface area contributed by atoms with Gasteiger partial charge in [0.05, 0.1) is 11.0 Å². The number of aliphatic hydroxyl groups is 1. The summed E-state index contributed by atoms with van der Waals surface area (Å²) >= 11 is 3.55. The van der Waals surface area contributed by atoms with Gasteiger partial charge in [-0.05, 0) is 49.1 Å². The van der Waals surface area contributed by atoms with Crippen molar-refractivity contribution in [1.82, 2.24) is 10.6 Å². The molecule has 0 aliphatic carbocycles. The second kappa shape index (κ2) is 7.74. The Kier molecular flexibility index (Phi) is 5.75. The lowest BCUT2D eigenvalue weighted by Crippen LogP contribution is -2.58. The van der Waals surface area contributed by atoms with Crippen molar-refractivity contribution in [3.8, 4) is 0 Å². The second-order valence-corrected chi connectivity index (χ2v) is 8.71. The number of nitrogens with one attached hydrogen (secondary N) is 2. The van der Waals surface area contributed by atoms with Crippen molar-refractivity contribution >= 4 is 21.8 Å². The van der Waals surface area contributed by atoms with Gasteiger partial charge in [0.15, 0.2) is 0 Å². The fraction of sp³-hybridized carbons (Fsp3) is 0.409. The van der Waals surface area contributed by atoms with Crippen LogP contribution in [0.25, 0.3) is 0 Å². The molecule has 5 heteroatoms. The van der Waals surface area contributed by atoms with Gasteiger partial charge in [0, 0.05) is 17.4 Å². The van der Waals surface area contributed by atoms with Gasteiger partial charge >= 0.3 is 0 Å². The molecule has 144 valence electrons. The molecule has 1 amide bonds. The summed E-state index contributed by atoms with van der Waals surface area (Å²) in [5, 5.41) is 17.0. The molecule has 1 aliphatic heterocycles. The van der Waals surface area contributed by atoms with E-state index in [-0.39, 0.29) is 5.91 Å². The van der Waals surface area contributed by atoms with E-state index in [1.165, 1.54) is 0 Å². The number of carbonyl (C=O) groups excluding carboxylic acids is 1. The standard InChI is InChI=1S/C22H27BrN2O2/c1-4-22(13-19(26)24-14-15-8-6-5-7-9-15)18-12-16(23)10-11-17(18)21(2,3)25-20(22)27/h5-12,19,24,26H,4,13-14H2,1-3H3,(H,25,27). The summed E-state index contributed by atoms with van der Waals surface area (Å²) in [5.74, 6) is -0.0267. The maximum Gasteiger partial charge on any atom is 0.231 e. The van der Waals surface area contributed by atoms with Crippen LogP contribution in [0.3, 0.4) is 0 Å². The molecule has 0 saturated carbocycles. The molecule has 0 fully saturated rings. The van der Waals surface area contributed by atoms with E-state index >= 15 is 0 Å². The average molecular weight is 431 g/mol. The summed E-state index contributed by atoms with van der Waals surface area (Å²) in [5.41, 5.74) is 1.99. The fourth-order valence-electron chi connectivity index (χ4n) is 3.98. The summed E-state index contributed by atoms with van der Waals surface area (Å²) in [6.07, 6.45) is 0.147. The van der Waals surface area contributed by atoms with E-state index in [0.717, 1.165) is 21.2 Å². The summed E-state index contributed by atoms with van der Waals surface area (Å²) in [7, 11) is 0. The molecule has 1 heterocycles. The van der Waals surface area contributed by atoms with Gasteiger partial charge in [-0.1, -0.05) is 59.3 Å². The van der Waals surface area contributed by atoms with Gasteiger partial charge < -0.3 is 10.4 Å². The predicted octanol–water partition coefficient (Wildman–Crippen LogP) is 3.96. The highest BCUT2D eigenvalue weighted by molar-refractivity contribution is 9.10. The molecule has 2 atom stereocenters. The van der Waals surface area contributed by atoms with Gasteiger partial charge in [0.1, 0.15) is 6.23 Å². The first-order chi connectivity index (χ1) is 12.8. The minimum absolute atomic E-state index is 0.0267. The van der Waals surface area contributed by atoms with E-state index in [1.807, 2.05) is 63.2 Å². The molecular formula is C22H27BrN2O2. The van der Waals surface area contributed by atoms with Crippen molar-refractivity contribution in [3.63, 3.8) is 0 Å². The minimum Gasteiger partial charge on any atom is -0.379 e. The number of hydrogen-bond donors (Lipinski definition) is 3. The topological polar surface area (TPSA) is 61.4 Å². The molecule has 3 N–H and O–H groups in total. The van der Waals surface area contributed by atoms with Crippen LogP contribution in [0.1, 0.15) is 50.3 Å². The van der Waals surface area contributed by atoms with Gasteiger partial charge in [-0.3, -0.25) is 10.1 Å². The van der Waals surface area contributed by atoms with Crippen molar-refractivity contribution in [2.75, 3.05) is 0 Å². The summed E-state index contributed by atoms with van der Waals surface area (Å²) in [4.78, 5) is 13.2. The van der Waals surface area contributed by atoms with Gasteiger partial charge in [-0.25, -0.2) is 0 Å². The van der Waals surface area contributed by atoms with Crippen molar-refractivity contribution < 1.29 is 9.90 Å². The Morgan fingerprint density at radius 1 is 1.15 bits per heavy atom. The molecule has 4 nitrogen and oxygen atoms in total. The molecule has 0 spiro atoms. The quantitative estimate of drug-likeness (QED) is 0.607. The zero-order valence-electron chi connectivity index (χ0n) is 16.1. The molecule has 2 aromatic rings. The number of hydrogen-bond acceptors (Lipinski definition) is 3. The van der Waals surface area contributed by atoms with E-state index in [2.05, 4.69) is 32.6 Å². The maximum atomic E-state index is 13.2. The van der Waals surface area contributed by atoms with Crippen LogP contribution in [0.5, 0.6) is 0 Å². The van der Waals surface area contributed by atoms with Gasteiger partial charge in [0.2, 0.25) is 5.91 Å². The highest BCUT2D eigenvalue weighted by Gasteiger charge is 2.49. The minimum atomic E-state index is -0.788. The highest BCUT2D eigenvalue weighted by atomic mass is 79.9. The Morgan fingerprint density at radius 3 is 2.52 bits per heavy atom. The van der Waals surface area contributed by atoms with Crippen molar-refractivity contribution in [2.45, 2.75) is 57.3 Å². The van der Waals surface area contributed by atoms with Crippen LogP contribution in [-0.2, 0) is 22.3 Å². The smallest absolute Gasteiger partial charge is 0.231 e. The average Bonchev–Trinajstić information content (AvgIpc) is 2.63. The normalized spacial score (nSPS) is 22.0. The molecule has 0 aromatic heterocycles. The number of benzene rings is 2. The third kappa shape index (κ3) is 3.96. The molecule has 1 aliphatic rings. The summed E-state index contributed by atoms with van der Waals surface area (Å²) in [6.45, 7) is 6.59. The largest absolute Gasteiger partial charge is 0.379 e. The second-order valence-electron chi connectivity index (χ2n) is 7.79. The Hall–Kier alpha value is -1.69. The van der Waals surface area contributed by atoms with Crippen LogP contribution < -0.4 is 10.6 Å². The highest BCUT2D eigenvalue weighted by Crippen LogP contribution is 2.44. The lowest BCUT2D eigenvalue weighted by atomic mass is 9.66. The molecule has 2 unspecified atom stereocenters.